The molecule has 0 unspecified atom stereocenters. The van der Waals surface area contributed by atoms with Gasteiger partial charge in [-0.3, -0.25) is 9.59 Å². The van der Waals surface area contributed by atoms with E-state index in [0.717, 1.165) is 36.8 Å². The van der Waals surface area contributed by atoms with Gasteiger partial charge in [0.15, 0.2) is 0 Å². The van der Waals surface area contributed by atoms with E-state index in [9.17, 15) is 9.59 Å². The molecule has 0 bridgehead atoms. The number of rotatable bonds is 8. The molecule has 0 heterocycles. The largest absolute Gasteiger partial charge is 0.352 e. The first kappa shape index (κ1) is 23.6. The van der Waals surface area contributed by atoms with Crippen molar-refractivity contribution in [3.8, 4) is 0 Å². The quantitative estimate of drug-likeness (QED) is 0.548. The molecule has 1 saturated carbocycles. The Morgan fingerprint density at radius 2 is 1.68 bits per heavy atom. The number of amides is 2. The minimum absolute atomic E-state index is 0.102. The highest BCUT2D eigenvalue weighted by Crippen LogP contribution is 2.27. The molecular weight excluding hydrogens is 431 g/mol. The Labute approximate surface area is 194 Å². The van der Waals surface area contributed by atoms with E-state index >= 15 is 0 Å². The predicted molar refractivity (Wildman–Crippen MR) is 126 cm³/mol. The Balaban J connectivity index is 1.86. The number of nitrogens with zero attached hydrogens (tertiary/aromatic N) is 1. The average molecular weight is 461 g/mol. The number of halogens is 2. The highest BCUT2D eigenvalue weighted by Gasteiger charge is 2.31. The van der Waals surface area contributed by atoms with Crippen molar-refractivity contribution >= 4 is 35.0 Å². The fourth-order valence-corrected chi connectivity index (χ4v) is 4.64. The van der Waals surface area contributed by atoms with Gasteiger partial charge in [-0.15, -0.1) is 0 Å². The maximum Gasteiger partial charge on any atom is 0.243 e. The number of hydrogen-bond acceptors (Lipinski definition) is 2. The van der Waals surface area contributed by atoms with E-state index < -0.39 is 6.04 Å². The number of benzene rings is 2. The summed E-state index contributed by atoms with van der Waals surface area (Å²) in [5.74, 6) is -0.219. The molecule has 1 aliphatic carbocycles. The first-order valence-electron chi connectivity index (χ1n) is 11.0. The van der Waals surface area contributed by atoms with Gasteiger partial charge in [0.2, 0.25) is 11.8 Å². The molecule has 0 spiro atoms. The van der Waals surface area contributed by atoms with Crippen molar-refractivity contribution in [2.45, 2.75) is 71.0 Å². The third-order valence-electron chi connectivity index (χ3n) is 5.95. The van der Waals surface area contributed by atoms with Gasteiger partial charge in [0.25, 0.3) is 0 Å². The molecule has 4 nitrogen and oxygen atoms in total. The van der Waals surface area contributed by atoms with Crippen LogP contribution in [0.2, 0.25) is 10.0 Å². The van der Waals surface area contributed by atoms with Crippen molar-refractivity contribution < 1.29 is 9.59 Å². The molecule has 1 N–H and O–H groups in total. The second kappa shape index (κ2) is 11.0. The highest BCUT2D eigenvalue weighted by molar-refractivity contribution is 6.36. The molecule has 0 aliphatic heterocycles. The Morgan fingerprint density at radius 1 is 1.06 bits per heavy atom. The first-order valence-corrected chi connectivity index (χ1v) is 11.7. The first-order chi connectivity index (χ1) is 14.9. The summed E-state index contributed by atoms with van der Waals surface area (Å²) in [6, 6.07) is 12.8. The van der Waals surface area contributed by atoms with Crippen molar-refractivity contribution in [3.05, 3.63) is 69.2 Å². The minimum Gasteiger partial charge on any atom is -0.352 e. The molecule has 1 fully saturated rings. The summed E-state index contributed by atoms with van der Waals surface area (Å²) in [6.07, 6.45) is 4.99. The van der Waals surface area contributed by atoms with Crippen LogP contribution in [0.3, 0.4) is 0 Å². The van der Waals surface area contributed by atoms with Gasteiger partial charge in [-0.2, -0.15) is 0 Å². The van der Waals surface area contributed by atoms with Crippen molar-refractivity contribution in [1.82, 2.24) is 10.2 Å². The minimum atomic E-state index is -0.578. The lowest BCUT2D eigenvalue weighted by molar-refractivity contribution is -0.141. The van der Waals surface area contributed by atoms with Gasteiger partial charge in [0, 0.05) is 28.2 Å². The lowest BCUT2D eigenvalue weighted by Gasteiger charge is -2.32. The number of nitrogens with one attached hydrogen (secondary N) is 1. The van der Waals surface area contributed by atoms with Gasteiger partial charge >= 0.3 is 0 Å². The second-order valence-corrected chi connectivity index (χ2v) is 9.11. The fraction of sp³-hybridized carbons (Fsp3) is 0.440. The fourth-order valence-electron chi connectivity index (χ4n) is 4.12. The molecule has 2 aromatic carbocycles. The molecule has 2 amide bonds. The molecule has 6 heteroatoms. The van der Waals surface area contributed by atoms with E-state index in [1.165, 1.54) is 0 Å². The summed E-state index contributed by atoms with van der Waals surface area (Å²) in [7, 11) is 0. The van der Waals surface area contributed by atoms with Gasteiger partial charge in [-0.25, -0.2) is 0 Å². The van der Waals surface area contributed by atoms with Crippen molar-refractivity contribution in [2.75, 3.05) is 0 Å². The van der Waals surface area contributed by atoms with E-state index in [1.807, 2.05) is 38.1 Å². The van der Waals surface area contributed by atoms with E-state index in [4.69, 9.17) is 23.2 Å². The number of aryl methyl sites for hydroxylation is 1. The zero-order chi connectivity index (χ0) is 22.4. The maximum absolute atomic E-state index is 13.4. The van der Waals surface area contributed by atoms with E-state index in [0.29, 0.717) is 22.0 Å². The highest BCUT2D eigenvalue weighted by atomic mass is 35.5. The molecule has 2 aromatic rings. The standard InChI is InChI=1S/C25H30Cl2N2O2/c1-3-23(25(31)28-19-7-4-5-8-19)29(16-20-21(26)9-6-10-22(20)27)24(30)15-18-13-11-17(2)12-14-18/h6,9-14,19,23H,3-5,7-8,15-16H2,1-2H3,(H,28,31)/t23-/m1/s1. The summed E-state index contributed by atoms with van der Waals surface area (Å²) < 4.78 is 0. The van der Waals surface area contributed by atoms with Crippen molar-refractivity contribution in [2.24, 2.45) is 0 Å². The Bertz CT molecular complexity index is 888. The topological polar surface area (TPSA) is 49.4 Å². The van der Waals surface area contributed by atoms with Crippen LogP contribution in [-0.4, -0.2) is 28.8 Å². The van der Waals surface area contributed by atoms with Gasteiger partial charge in [-0.05, 0) is 43.9 Å². The van der Waals surface area contributed by atoms with E-state index in [1.54, 1.807) is 23.1 Å². The van der Waals surface area contributed by atoms with Crippen LogP contribution in [0.1, 0.15) is 55.7 Å². The number of carbonyl (C=O) groups excluding carboxylic acids is 2. The Hall–Kier alpha value is -2.04. The summed E-state index contributed by atoms with van der Waals surface area (Å²) in [5, 5.41) is 4.14. The zero-order valence-corrected chi connectivity index (χ0v) is 19.7. The van der Waals surface area contributed by atoms with Crippen LogP contribution in [0.4, 0.5) is 0 Å². The summed E-state index contributed by atoms with van der Waals surface area (Å²) in [6.45, 7) is 4.14. The van der Waals surface area contributed by atoms with Crippen LogP contribution in [-0.2, 0) is 22.6 Å². The SMILES string of the molecule is CC[C@H](C(=O)NC1CCCC1)N(Cc1c(Cl)cccc1Cl)C(=O)Cc1ccc(C)cc1. The van der Waals surface area contributed by atoms with E-state index in [-0.39, 0.29) is 30.8 Å². The number of hydrogen-bond donors (Lipinski definition) is 1. The Kier molecular flexibility index (Phi) is 8.39. The smallest absolute Gasteiger partial charge is 0.243 e. The molecule has 31 heavy (non-hydrogen) atoms. The van der Waals surface area contributed by atoms with Crippen molar-refractivity contribution in [1.29, 1.82) is 0 Å². The molecule has 166 valence electrons. The Morgan fingerprint density at radius 3 is 2.26 bits per heavy atom. The lowest BCUT2D eigenvalue weighted by atomic mass is 10.1. The molecule has 0 aromatic heterocycles. The summed E-state index contributed by atoms with van der Waals surface area (Å²) >= 11 is 12.8. The molecule has 1 aliphatic rings. The van der Waals surface area contributed by atoms with Gasteiger partial charge < -0.3 is 10.2 Å². The summed E-state index contributed by atoms with van der Waals surface area (Å²) in [5.41, 5.74) is 2.71. The van der Waals surface area contributed by atoms with Crippen LogP contribution in [0.15, 0.2) is 42.5 Å². The normalized spacial score (nSPS) is 15.0. The summed E-state index contributed by atoms with van der Waals surface area (Å²) in [4.78, 5) is 28.2. The average Bonchev–Trinajstić information content (AvgIpc) is 3.24. The maximum atomic E-state index is 13.4. The van der Waals surface area contributed by atoms with Gasteiger partial charge in [-0.1, -0.05) is 78.9 Å². The third-order valence-corrected chi connectivity index (χ3v) is 6.66. The monoisotopic (exact) mass is 460 g/mol. The third kappa shape index (κ3) is 6.24. The molecule has 3 rings (SSSR count). The molecule has 0 radical (unpaired) electrons. The van der Waals surface area contributed by atoms with Crippen molar-refractivity contribution in [3.63, 3.8) is 0 Å². The van der Waals surface area contributed by atoms with E-state index in [2.05, 4.69) is 5.32 Å². The molecular formula is C25H30Cl2N2O2. The van der Waals surface area contributed by atoms with Crippen LogP contribution in [0.25, 0.3) is 0 Å². The van der Waals surface area contributed by atoms with Crippen LogP contribution < -0.4 is 5.32 Å². The van der Waals surface area contributed by atoms with Gasteiger partial charge in [0.1, 0.15) is 6.04 Å². The van der Waals surface area contributed by atoms with Gasteiger partial charge in [0.05, 0.1) is 6.42 Å². The van der Waals surface area contributed by atoms with Crippen LogP contribution in [0, 0.1) is 6.92 Å². The predicted octanol–water partition coefficient (Wildman–Crippen LogP) is 5.71. The molecule has 0 saturated heterocycles. The lowest BCUT2D eigenvalue weighted by Crippen LogP contribution is -2.51. The van der Waals surface area contributed by atoms with Crippen LogP contribution in [0.5, 0.6) is 0 Å². The van der Waals surface area contributed by atoms with Crippen LogP contribution >= 0.6 is 23.2 Å². The zero-order valence-electron chi connectivity index (χ0n) is 18.2. The number of carbonyl (C=O) groups is 2. The second-order valence-electron chi connectivity index (χ2n) is 8.30. The molecule has 1 atom stereocenters.